The molecular formula is C16H15N3OS. The predicted octanol–water partition coefficient (Wildman–Crippen LogP) is 3.46. The van der Waals surface area contributed by atoms with Crippen LogP contribution in [0.25, 0.3) is 10.1 Å². The minimum absolute atomic E-state index is 0.112. The van der Waals surface area contributed by atoms with Crippen molar-refractivity contribution in [3.63, 3.8) is 0 Å². The summed E-state index contributed by atoms with van der Waals surface area (Å²) in [5.74, 6) is -0.112. The largest absolute Gasteiger partial charge is 0.397 e. The topological polar surface area (TPSA) is 59.2 Å². The fourth-order valence-electron chi connectivity index (χ4n) is 2.21. The summed E-state index contributed by atoms with van der Waals surface area (Å²) in [6.07, 6.45) is 3.34. The van der Waals surface area contributed by atoms with E-state index in [4.69, 9.17) is 5.73 Å². The van der Waals surface area contributed by atoms with Crippen molar-refractivity contribution in [3.05, 3.63) is 53.2 Å². The molecule has 0 aliphatic carbocycles. The first-order chi connectivity index (χ1) is 10.1. The first-order valence-electron chi connectivity index (χ1n) is 6.54. The lowest BCUT2D eigenvalue weighted by Crippen LogP contribution is -2.26. The molecule has 4 nitrogen and oxygen atoms in total. The standard InChI is InChI=1S/C16H15N3OS/c1-10-5-6-13-12(8-10)14(17)15(21-13)16(20)19(2)11-4-3-7-18-9-11/h3-9H,17H2,1-2H3. The van der Waals surface area contributed by atoms with Crippen LogP contribution in [0.1, 0.15) is 15.2 Å². The summed E-state index contributed by atoms with van der Waals surface area (Å²) in [5, 5.41) is 0.947. The van der Waals surface area contributed by atoms with Gasteiger partial charge in [0.05, 0.1) is 17.6 Å². The number of fused-ring (bicyclic) bond motifs is 1. The Morgan fingerprint density at radius 2 is 2.14 bits per heavy atom. The molecule has 1 amide bonds. The molecule has 0 aliphatic rings. The number of nitrogen functional groups attached to an aromatic ring is 1. The van der Waals surface area contributed by atoms with E-state index in [1.54, 1.807) is 30.4 Å². The van der Waals surface area contributed by atoms with Crippen LogP contribution in [0, 0.1) is 6.92 Å². The Balaban J connectivity index is 2.04. The quantitative estimate of drug-likeness (QED) is 0.788. The maximum Gasteiger partial charge on any atom is 0.270 e. The van der Waals surface area contributed by atoms with Gasteiger partial charge in [-0.15, -0.1) is 11.3 Å². The number of nitrogens with two attached hydrogens (primary N) is 1. The van der Waals surface area contributed by atoms with Crippen molar-refractivity contribution in [3.8, 4) is 0 Å². The van der Waals surface area contributed by atoms with Crippen molar-refractivity contribution < 1.29 is 4.79 Å². The zero-order chi connectivity index (χ0) is 15.0. The van der Waals surface area contributed by atoms with Gasteiger partial charge in [0.2, 0.25) is 0 Å². The number of aromatic nitrogens is 1. The van der Waals surface area contributed by atoms with Gasteiger partial charge in [0.25, 0.3) is 5.91 Å². The number of pyridine rings is 1. The number of carbonyl (C=O) groups excluding carboxylic acids is 1. The average molecular weight is 297 g/mol. The summed E-state index contributed by atoms with van der Waals surface area (Å²) >= 11 is 1.43. The van der Waals surface area contributed by atoms with E-state index in [1.807, 2.05) is 31.2 Å². The minimum atomic E-state index is -0.112. The molecule has 2 N–H and O–H groups in total. The van der Waals surface area contributed by atoms with Crippen LogP contribution in [0.2, 0.25) is 0 Å². The molecule has 3 rings (SSSR count). The van der Waals surface area contributed by atoms with E-state index in [0.717, 1.165) is 21.3 Å². The lowest BCUT2D eigenvalue weighted by atomic mass is 10.1. The number of hydrogen-bond donors (Lipinski definition) is 1. The monoisotopic (exact) mass is 297 g/mol. The Bertz CT molecular complexity index is 811. The number of amides is 1. The highest BCUT2D eigenvalue weighted by Crippen LogP contribution is 2.35. The van der Waals surface area contributed by atoms with Crippen LogP contribution in [0.15, 0.2) is 42.7 Å². The molecular weight excluding hydrogens is 282 g/mol. The molecule has 0 saturated heterocycles. The van der Waals surface area contributed by atoms with Crippen LogP contribution in [0.5, 0.6) is 0 Å². The molecule has 0 atom stereocenters. The molecule has 0 fully saturated rings. The average Bonchev–Trinajstić information content (AvgIpc) is 2.83. The third-order valence-corrected chi connectivity index (χ3v) is 4.59. The van der Waals surface area contributed by atoms with Crippen molar-refractivity contribution in [1.82, 2.24) is 4.98 Å². The van der Waals surface area contributed by atoms with Gasteiger partial charge in [-0.1, -0.05) is 11.6 Å². The van der Waals surface area contributed by atoms with Crippen LogP contribution < -0.4 is 10.6 Å². The second-order valence-electron chi connectivity index (χ2n) is 4.92. The van der Waals surface area contributed by atoms with Crippen LogP contribution >= 0.6 is 11.3 Å². The zero-order valence-electron chi connectivity index (χ0n) is 11.8. The lowest BCUT2D eigenvalue weighted by molar-refractivity contribution is 0.0997. The molecule has 0 saturated carbocycles. The summed E-state index contributed by atoms with van der Waals surface area (Å²) < 4.78 is 1.03. The van der Waals surface area contributed by atoms with Crippen LogP contribution in [-0.2, 0) is 0 Å². The maximum atomic E-state index is 12.6. The molecule has 3 aromatic rings. The van der Waals surface area contributed by atoms with Gasteiger partial charge in [-0.3, -0.25) is 9.78 Å². The number of nitrogens with zero attached hydrogens (tertiary/aromatic N) is 2. The molecule has 2 heterocycles. The Hall–Kier alpha value is -2.40. The Morgan fingerprint density at radius 1 is 1.33 bits per heavy atom. The van der Waals surface area contributed by atoms with E-state index in [0.29, 0.717) is 10.6 Å². The molecule has 0 spiro atoms. The van der Waals surface area contributed by atoms with Crippen molar-refractivity contribution in [2.75, 3.05) is 17.7 Å². The second kappa shape index (κ2) is 5.18. The minimum Gasteiger partial charge on any atom is -0.397 e. The van der Waals surface area contributed by atoms with Crippen molar-refractivity contribution in [2.24, 2.45) is 0 Å². The van der Waals surface area contributed by atoms with E-state index in [-0.39, 0.29) is 5.91 Å². The third kappa shape index (κ3) is 2.36. The number of benzene rings is 1. The van der Waals surface area contributed by atoms with Gasteiger partial charge in [0.15, 0.2) is 0 Å². The van der Waals surface area contributed by atoms with E-state index < -0.39 is 0 Å². The lowest BCUT2D eigenvalue weighted by Gasteiger charge is -2.16. The molecule has 0 bridgehead atoms. The zero-order valence-corrected chi connectivity index (χ0v) is 12.6. The molecule has 2 aromatic heterocycles. The van der Waals surface area contributed by atoms with Crippen LogP contribution in [0.3, 0.4) is 0 Å². The van der Waals surface area contributed by atoms with Crippen molar-refractivity contribution in [1.29, 1.82) is 0 Å². The van der Waals surface area contributed by atoms with Gasteiger partial charge in [0, 0.05) is 23.3 Å². The summed E-state index contributed by atoms with van der Waals surface area (Å²) in [7, 11) is 1.73. The third-order valence-electron chi connectivity index (χ3n) is 3.41. The Kier molecular flexibility index (Phi) is 3.35. The van der Waals surface area contributed by atoms with Gasteiger partial charge in [-0.05, 0) is 31.2 Å². The maximum absolute atomic E-state index is 12.6. The molecule has 106 valence electrons. The smallest absolute Gasteiger partial charge is 0.270 e. The van der Waals surface area contributed by atoms with Gasteiger partial charge in [-0.2, -0.15) is 0 Å². The van der Waals surface area contributed by atoms with Crippen molar-refractivity contribution >= 4 is 38.7 Å². The number of hydrogen-bond acceptors (Lipinski definition) is 4. The van der Waals surface area contributed by atoms with Gasteiger partial charge in [0.1, 0.15) is 4.88 Å². The second-order valence-corrected chi connectivity index (χ2v) is 5.97. The fraction of sp³-hybridized carbons (Fsp3) is 0.125. The highest BCUT2D eigenvalue weighted by atomic mass is 32.1. The summed E-state index contributed by atoms with van der Waals surface area (Å²) in [6.45, 7) is 2.01. The number of anilines is 2. The SMILES string of the molecule is Cc1ccc2sc(C(=O)N(C)c3cccnc3)c(N)c2c1. The Morgan fingerprint density at radius 3 is 2.86 bits per heavy atom. The number of carbonyl (C=O) groups is 1. The molecule has 0 unspecified atom stereocenters. The van der Waals surface area contributed by atoms with E-state index in [1.165, 1.54) is 11.3 Å². The number of thiophene rings is 1. The summed E-state index contributed by atoms with van der Waals surface area (Å²) in [6, 6.07) is 9.70. The number of aryl methyl sites for hydroxylation is 1. The van der Waals surface area contributed by atoms with Crippen LogP contribution in [0.4, 0.5) is 11.4 Å². The van der Waals surface area contributed by atoms with Gasteiger partial charge < -0.3 is 10.6 Å². The highest BCUT2D eigenvalue weighted by Gasteiger charge is 2.20. The first kappa shape index (κ1) is 13.6. The molecule has 0 radical (unpaired) electrons. The van der Waals surface area contributed by atoms with Gasteiger partial charge >= 0.3 is 0 Å². The molecule has 21 heavy (non-hydrogen) atoms. The molecule has 0 aliphatic heterocycles. The fourth-order valence-corrected chi connectivity index (χ4v) is 3.29. The van der Waals surface area contributed by atoms with Crippen molar-refractivity contribution in [2.45, 2.75) is 6.92 Å². The summed E-state index contributed by atoms with van der Waals surface area (Å²) in [5.41, 5.74) is 8.60. The number of rotatable bonds is 2. The normalized spacial score (nSPS) is 10.8. The van der Waals surface area contributed by atoms with Crippen LogP contribution in [-0.4, -0.2) is 17.9 Å². The van der Waals surface area contributed by atoms with E-state index in [9.17, 15) is 4.79 Å². The van der Waals surface area contributed by atoms with E-state index in [2.05, 4.69) is 4.98 Å². The first-order valence-corrected chi connectivity index (χ1v) is 7.36. The predicted molar refractivity (Wildman–Crippen MR) is 87.9 cm³/mol. The summed E-state index contributed by atoms with van der Waals surface area (Å²) in [4.78, 5) is 18.8. The highest BCUT2D eigenvalue weighted by molar-refractivity contribution is 7.21. The molecule has 1 aromatic carbocycles. The van der Waals surface area contributed by atoms with Gasteiger partial charge in [-0.25, -0.2) is 0 Å². The molecule has 5 heteroatoms. The van der Waals surface area contributed by atoms with E-state index >= 15 is 0 Å². The Labute approximate surface area is 126 Å².